The van der Waals surface area contributed by atoms with E-state index >= 15 is 0 Å². The highest BCUT2D eigenvalue weighted by Crippen LogP contribution is 2.09. The second kappa shape index (κ2) is 5.60. The molecule has 0 N–H and O–H groups in total. The van der Waals surface area contributed by atoms with Crippen molar-refractivity contribution in [3.63, 3.8) is 0 Å². The van der Waals surface area contributed by atoms with Gasteiger partial charge in [0.15, 0.2) is 0 Å². The van der Waals surface area contributed by atoms with Crippen molar-refractivity contribution >= 4 is 5.97 Å². The van der Waals surface area contributed by atoms with Gasteiger partial charge >= 0.3 is 5.97 Å². The fourth-order valence-electron chi connectivity index (χ4n) is 1.67. The molecule has 0 unspecified atom stereocenters. The number of ether oxygens (including phenoxy) is 1. The number of rotatable bonds is 4. The van der Waals surface area contributed by atoms with Gasteiger partial charge in [-0.1, -0.05) is 6.07 Å². The molecular formula is C13H14FN3O2. The molecule has 0 radical (unpaired) electrons. The maximum absolute atomic E-state index is 12.9. The smallest absolute Gasteiger partial charge is 0.341 e. The lowest BCUT2D eigenvalue weighted by molar-refractivity contribution is 0.0526. The van der Waals surface area contributed by atoms with Gasteiger partial charge in [-0.25, -0.2) is 9.78 Å². The molecule has 5 nitrogen and oxygen atoms in total. The van der Waals surface area contributed by atoms with Crippen LogP contribution >= 0.6 is 0 Å². The Bertz CT molecular complexity index is 595. The zero-order valence-corrected chi connectivity index (χ0v) is 10.8. The third-order valence-electron chi connectivity index (χ3n) is 2.64. The van der Waals surface area contributed by atoms with Gasteiger partial charge in [-0.3, -0.25) is 4.68 Å². The summed E-state index contributed by atoms with van der Waals surface area (Å²) < 4.78 is 19.4. The van der Waals surface area contributed by atoms with Crippen LogP contribution in [0.3, 0.4) is 0 Å². The first-order valence-corrected chi connectivity index (χ1v) is 5.91. The summed E-state index contributed by atoms with van der Waals surface area (Å²) in [6.07, 6.45) is 3.05. The molecule has 0 atom stereocenters. The molecule has 0 aliphatic heterocycles. The number of aryl methyl sites for hydroxylation is 1. The highest BCUT2D eigenvalue weighted by molar-refractivity contribution is 5.88. The molecule has 0 spiro atoms. The molecule has 0 amide bonds. The predicted molar refractivity (Wildman–Crippen MR) is 66.2 cm³/mol. The summed E-state index contributed by atoms with van der Waals surface area (Å²) in [5, 5.41) is 4.07. The molecule has 0 saturated heterocycles. The molecule has 0 fully saturated rings. The molecule has 100 valence electrons. The van der Waals surface area contributed by atoms with Gasteiger partial charge in [-0.15, -0.1) is 0 Å². The van der Waals surface area contributed by atoms with Gasteiger partial charge < -0.3 is 4.74 Å². The molecule has 2 aromatic heterocycles. The van der Waals surface area contributed by atoms with E-state index in [2.05, 4.69) is 10.1 Å². The number of carbonyl (C=O) groups is 1. The van der Waals surface area contributed by atoms with Crippen LogP contribution in [0, 0.1) is 12.9 Å². The van der Waals surface area contributed by atoms with Crippen molar-refractivity contribution in [2.45, 2.75) is 20.4 Å². The van der Waals surface area contributed by atoms with Crippen molar-refractivity contribution in [3.8, 4) is 0 Å². The Morgan fingerprint density at radius 3 is 2.95 bits per heavy atom. The zero-order valence-electron chi connectivity index (χ0n) is 10.8. The number of nitrogens with zero attached hydrogens (tertiary/aromatic N) is 3. The normalized spacial score (nSPS) is 10.5. The van der Waals surface area contributed by atoms with Crippen LogP contribution in [0.4, 0.5) is 4.39 Å². The van der Waals surface area contributed by atoms with E-state index in [1.54, 1.807) is 30.8 Å². The quantitative estimate of drug-likeness (QED) is 0.625. The van der Waals surface area contributed by atoms with Crippen molar-refractivity contribution in [2.24, 2.45) is 0 Å². The van der Waals surface area contributed by atoms with E-state index in [-0.39, 0.29) is 0 Å². The topological polar surface area (TPSA) is 57.0 Å². The standard InChI is InChI=1S/C13H14FN3O2/c1-3-19-13(18)11-6-15-17(8-11)7-10-4-5-12(14)16-9(10)2/h4-6,8H,3,7H2,1-2H3. The summed E-state index contributed by atoms with van der Waals surface area (Å²) in [6.45, 7) is 4.23. The Balaban J connectivity index is 2.13. The largest absolute Gasteiger partial charge is 0.462 e. The number of hydrogen-bond donors (Lipinski definition) is 0. The van der Waals surface area contributed by atoms with Crippen molar-refractivity contribution < 1.29 is 13.9 Å². The average Bonchev–Trinajstić information content (AvgIpc) is 2.82. The third kappa shape index (κ3) is 3.15. The summed E-state index contributed by atoms with van der Waals surface area (Å²) in [7, 11) is 0. The van der Waals surface area contributed by atoms with E-state index in [0.29, 0.717) is 24.4 Å². The second-order valence-corrected chi connectivity index (χ2v) is 4.03. The van der Waals surface area contributed by atoms with Crippen molar-refractivity contribution in [3.05, 3.63) is 47.3 Å². The van der Waals surface area contributed by atoms with E-state index in [0.717, 1.165) is 5.56 Å². The number of carbonyl (C=O) groups excluding carboxylic acids is 1. The summed E-state index contributed by atoms with van der Waals surface area (Å²) in [5.41, 5.74) is 1.85. The van der Waals surface area contributed by atoms with E-state index in [1.165, 1.54) is 12.3 Å². The van der Waals surface area contributed by atoms with Crippen LogP contribution in [0.25, 0.3) is 0 Å². The van der Waals surface area contributed by atoms with Gasteiger partial charge in [0.05, 0.1) is 24.9 Å². The van der Waals surface area contributed by atoms with Crippen LogP contribution < -0.4 is 0 Å². The van der Waals surface area contributed by atoms with Crippen molar-refractivity contribution in [1.29, 1.82) is 0 Å². The molecule has 2 rings (SSSR count). The number of esters is 1. The summed E-state index contributed by atoms with van der Waals surface area (Å²) >= 11 is 0. The van der Waals surface area contributed by atoms with Gasteiger partial charge in [-0.2, -0.15) is 9.49 Å². The molecule has 2 aromatic rings. The summed E-state index contributed by atoms with van der Waals surface area (Å²) in [6, 6.07) is 2.96. The molecule has 0 aliphatic rings. The van der Waals surface area contributed by atoms with E-state index in [4.69, 9.17) is 4.74 Å². The molecule has 6 heteroatoms. The first kappa shape index (κ1) is 13.2. The van der Waals surface area contributed by atoms with E-state index < -0.39 is 11.9 Å². The molecule has 0 aromatic carbocycles. The third-order valence-corrected chi connectivity index (χ3v) is 2.64. The van der Waals surface area contributed by atoms with Crippen LogP contribution in [-0.4, -0.2) is 27.3 Å². The monoisotopic (exact) mass is 263 g/mol. The minimum absolute atomic E-state index is 0.324. The highest BCUT2D eigenvalue weighted by Gasteiger charge is 2.10. The van der Waals surface area contributed by atoms with E-state index in [1.807, 2.05) is 0 Å². The first-order valence-electron chi connectivity index (χ1n) is 5.91. The fraction of sp³-hybridized carbons (Fsp3) is 0.308. The predicted octanol–water partition coefficient (Wildman–Crippen LogP) is 1.95. The number of halogens is 1. The molecular weight excluding hydrogens is 249 g/mol. The molecule has 0 bridgehead atoms. The Kier molecular flexibility index (Phi) is 3.89. The van der Waals surface area contributed by atoms with Gasteiger partial charge in [0.1, 0.15) is 0 Å². The minimum atomic E-state index is -0.506. The second-order valence-electron chi connectivity index (χ2n) is 4.03. The van der Waals surface area contributed by atoms with Crippen LogP contribution in [0.5, 0.6) is 0 Å². The Hall–Kier alpha value is -2.24. The van der Waals surface area contributed by atoms with Crippen LogP contribution in [0.15, 0.2) is 24.5 Å². The van der Waals surface area contributed by atoms with Crippen LogP contribution in [0.2, 0.25) is 0 Å². The van der Waals surface area contributed by atoms with E-state index in [9.17, 15) is 9.18 Å². The summed E-state index contributed by atoms with van der Waals surface area (Å²) in [4.78, 5) is 15.2. The maximum Gasteiger partial charge on any atom is 0.341 e. The Morgan fingerprint density at radius 1 is 1.47 bits per heavy atom. The maximum atomic E-state index is 12.9. The first-order chi connectivity index (χ1) is 9.10. The summed E-state index contributed by atoms with van der Waals surface area (Å²) in [5.74, 6) is -0.906. The molecule has 19 heavy (non-hydrogen) atoms. The van der Waals surface area contributed by atoms with Gasteiger partial charge in [-0.05, 0) is 25.5 Å². The van der Waals surface area contributed by atoms with Crippen molar-refractivity contribution in [2.75, 3.05) is 6.61 Å². The fourth-order valence-corrected chi connectivity index (χ4v) is 1.67. The Labute approximate surface area is 110 Å². The van der Waals surface area contributed by atoms with Gasteiger partial charge in [0, 0.05) is 11.9 Å². The minimum Gasteiger partial charge on any atom is -0.462 e. The van der Waals surface area contributed by atoms with Crippen LogP contribution in [-0.2, 0) is 11.3 Å². The Morgan fingerprint density at radius 2 is 2.26 bits per heavy atom. The van der Waals surface area contributed by atoms with Gasteiger partial charge in [0.25, 0.3) is 0 Å². The number of pyridine rings is 1. The molecule has 0 saturated carbocycles. The lowest BCUT2D eigenvalue weighted by atomic mass is 10.2. The SMILES string of the molecule is CCOC(=O)c1cnn(Cc2ccc(F)nc2C)c1. The molecule has 2 heterocycles. The average molecular weight is 263 g/mol. The number of hydrogen-bond acceptors (Lipinski definition) is 4. The van der Waals surface area contributed by atoms with Crippen molar-refractivity contribution in [1.82, 2.24) is 14.8 Å². The zero-order chi connectivity index (χ0) is 13.8. The number of aromatic nitrogens is 3. The lowest BCUT2D eigenvalue weighted by Crippen LogP contribution is -2.05. The highest BCUT2D eigenvalue weighted by atomic mass is 19.1. The van der Waals surface area contributed by atoms with Crippen LogP contribution in [0.1, 0.15) is 28.5 Å². The van der Waals surface area contributed by atoms with Gasteiger partial charge in [0.2, 0.25) is 5.95 Å². The molecule has 0 aliphatic carbocycles. The lowest BCUT2D eigenvalue weighted by Gasteiger charge is -2.04.